The highest BCUT2D eigenvalue weighted by molar-refractivity contribution is 7.89. The van der Waals surface area contributed by atoms with Crippen LogP contribution in [0.15, 0.2) is 23.1 Å². The summed E-state index contributed by atoms with van der Waals surface area (Å²) in [5.74, 6) is -1.75. The van der Waals surface area contributed by atoms with Crippen LogP contribution < -0.4 is 15.2 Å². The maximum Gasteiger partial charge on any atom is 0.342 e. The summed E-state index contributed by atoms with van der Waals surface area (Å²) in [5, 5.41) is 16.9. The molecule has 0 spiro atoms. The number of nitrogens with zero attached hydrogens (tertiary/aromatic N) is 1. The zero-order valence-electron chi connectivity index (χ0n) is 15.8. The van der Waals surface area contributed by atoms with Crippen molar-refractivity contribution in [3.8, 4) is 11.8 Å². The molecule has 1 rings (SSSR count). The first-order valence-electron chi connectivity index (χ1n) is 8.00. The summed E-state index contributed by atoms with van der Waals surface area (Å²) in [6, 6.07) is 5.47. The zero-order valence-corrected chi connectivity index (χ0v) is 16.6. The molecular weight excluding hydrogens is 374 g/mol. The van der Waals surface area contributed by atoms with Crippen molar-refractivity contribution in [2.45, 2.75) is 44.2 Å². The Morgan fingerprint density at radius 1 is 1.30 bits per heavy atom. The zero-order chi connectivity index (χ0) is 21.0. The molecule has 148 valence electrons. The van der Waals surface area contributed by atoms with Crippen LogP contribution in [0.5, 0.6) is 5.75 Å². The van der Waals surface area contributed by atoms with Crippen LogP contribution in [0.2, 0.25) is 0 Å². The lowest BCUT2D eigenvalue weighted by atomic mass is 9.90. The van der Waals surface area contributed by atoms with Gasteiger partial charge in [0.1, 0.15) is 16.9 Å². The number of hydrogen-bond acceptors (Lipinski definition) is 7. The summed E-state index contributed by atoms with van der Waals surface area (Å²) in [7, 11) is -2.75. The molecule has 0 saturated heterocycles. The van der Waals surface area contributed by atoms with E-state index in [9.17, 15) is 23.3 Å². The third kappa shape index (κ3) is 5.42. The summed E-state index contributed by atoms with van der Waals surface area (Å²) in [6.07, 6.45) is -1.23. The molecule has 0 saturated carbocycles. The fourth-order valence-electron chi connectivity index (χ4n) is 1.96. The van der Waals surface area contributed by atoms with Crippen molar-refractivity contribution < 1.29 is 27.5 Å². The normalized spacial score (nSPS) is 14.6. The van der Waals surface area contributed by atoms with E-state index in [0.29, 0.717) is 0 Å². The molecule has 0 aliphatic carbocycles. The molecular formula is C17H23N3O6S. The predicted molar refractivity (Wildman–Crippen MR) is 96.2 cm³/mol. The number of esters is 1. The fourth-order valence-corrected chi connectivity index (χ4v) is 2.50. The lowest BCUT2D eigenvalue weighted by Gasteiger charge is -2.28. The molecule has 0 aliphatic rings. The third-order valence-electron chi connectivity index (χ3n) is 4.14. The van der Waals surface area contributed by atoms with Gasteiger partial charge in [-0.25, -0.2) is 18.4 Å². The van der Waals surface area contributed by atoms with Crippen LogP contribution in [-0.4, -0.2) is 39.0 Å². The Balaban J connectivity index is 3.05. The van der Waals surface area contributed by atoms with Crippen molar-refractivity contribution in [1.82, 2.24) is 5.32 Å². The average Bonchev–Trinajstić information content (AvgIpc) is 2.59. The van der Waals surface area contributed by atoms with Crippen molar-refractivity contribution >= 4 is 21.9 Å². The van der Waals surface area contributed by atoms with Gasteiger partial charge in [-0.05, 0) is 38.0 Å². The number of carbonyl (C=O) groups excluding carboxylic acids is 2. The molecule has 3 N–H and O–H groups in total. The predicted octanol–water partition coefficient (Wildman–Crippen LogP) is 0.942. The van der Waals surface area contributed by atoms with E-state index in [1.807, 2.05) is 6.07 Å². The molecule has 9 nitrogen and oxygen atoms in total. The first kappa shape index (κ1) is 22.4. The smallest absolute Gasteiger partial charge is 0.342 e. The summed E-state index contributed by atoms with van der Waals surface area (Å²) in [6.45, 7) is 6.43. The Labute approximate surface area is 158 Å². The molecule has 0 fully saturated rings. The van der Waals surface area contributed by atoms with Gasteiger partial charge in [0.2, 0.25) is 10.0 Å². The van der Waals surface area contributed by atoms with E-state index in [2.05, 4.69) is 5.32 Å². The second kappa shape index (κ2) is 8.37. The van der Waals surface area contributed by atoms with Crippen LogP contribution in [0.3, 0.4) is 0 Å². The van der Waals surface area contributed by atoms with Gasteiger partial charge in [-0.2, -0.15) is 5.26 Å². The van der Waals surface area contributed by atoms with Crippen molar-refractivity contribution in [1.29, 1.82) is 5.26 Å². The molecule has 1 aromatic carbocycles. The lowest BCUT2D eigenvalue weighted by molar-refractivity contribution is -0.130. The average molecular weight is 397 g/mol. The van der Waals surface area contributed by atoms with Crippen LogP contribution in [0.1, 0.15) is 38.1 Å². The Hall–Kier alpha value is -2.64. The number of sulfonamides is 1. The first-order chi connectivity index (χ1) is 12.4. The summed E-state index contributed by atoms with van der Waals surface area (Å²) in [4.78, 5) is 24.4. The van der Waals surface area contributed by atoms with E-state index in [0.717, 1.165) is 6.07 Å². The van der Waals surface area contributed by atoms with Gasteiger partial charge in [-0.3, -0.25) is 4.79 Å². The van der Waals surface area contributed by atoms with Gasteiger partial charge >= 0.3 is 5.97 Å². The molecule has 10 heteroatoms. The van der Waals surface area contributed by atoms with Gasteiger partial charge in [-0.1, -0.05) is 13.8 Å². The molecule has 0 heterocycles. The van der Waals surface area contributed by atoms with Gasteiger partial charge < -0.3 is 14.8 Å². The Bertz CT molecular complexity index is 875. The number of hydrogen-bond donors (Lipinski definition) is 2. The van der Waals surface area contributed by atoms with E-state index < -0.39 is 33.5 Å². The van der Waals surface area contributed by atoms with E-state index in [1.54, 1.807) is 20.8 Å². The second-order valence-corrected chi connectivity index (χ2v) is 7.97. The van der Waals surface area contributed by atoms with Gasteiger partial charge in [0.25, 0.3) is 5.91 Å². The molecule has 27 heavy (non-hydrogen) atoms. The van der Waals surface area contributed by atoms with Gasteiger partial charge in [0.15, 0.2) is 6.10 Å². The highest BCUT2D eigenvalue weighted by atomic mass is 32.2. The quantitative estimate of drug-likeness (QED) is 0.650. The molecule has 0 aliphatic heterocycles. The molecule has 0 bridgehead atoms. The first-order valence-corrected chi connectivity index (χ1v) is 9.55. The highest BCUT2D eigenvalue weighted by Gasteiger charge is 2.33. The summed E-state index contributed by atoms with van der Waals surface area (Å²) < 4.78 is 33.1. The number of methoxy groups -OCH3 is 1. The van der Waals surface area contributed by atoms with Gasteiger partial charge in [0.05, 0.1) is 18.1 Å². The Morgan fingerprint density at radius 3 is 2.33 bits per heavy atom. The minimum absolute atomic E-state index is 0.0593. The number of amides is 1. The number of nitrogens with two attached hydrogens (primary N) is 1. The van der Waals surface area contributed by atoms with Crippen molar-refractivity contribution in [2.24, 2.45) is 11.1 Å². The van der Waals surface area contributed by atoms with E-state index in [4.69, 9.17) is 14.6 Å². The van der Waals surface area contributed by atoms with Crippen molar-refractivity contribution in [3.63, 3.8) is 0 Å². The number of nitriles is 1. The van der Waals surface area contributed by atoms with Gasteiger partial charge in [0, 0.05) is 0 Å². The van der Waals surface area contributed by atoms with Crippen LogP contribution in [0, 0.1) is 17.2 Å². The molecule has 0 radical (unpaired) electrons. The number of nitrogens with one attached hydrogen (secondary N) is 1. The maximum absolute atomic E-state index is 12.4. The van der Waals surface area contributed by atoms with E-state index >= 15 is 0 Å². The van der Waals surface area contributed by atoms with Crippen LogP contribution in [0.4, 0.5) is 0 Å². The van der Waals surface area contributed by atoms with Crippen LogP contribution in [0.25, 0.3) is 0 Å². The highest BCUT2D eigenvalue weighted by Crippen LogP contribution is 2.23. The van der Waals surface area contributed by atoms with E-state index in [1.165, 1.54) is 26.2 Å². The van der Waals surface area contributed by atoms with Crippen molar-refractivity contribution in [2.75, 3.05) is 7.11 Å². The SMILES string of the molecule is COc1ccc(S(N)(=O)=O)cc1C(=O)O[C@H](C)C(=O)N[C@@](C)(C#N)C(C)C. The molecule has 0 aromatic heterocycles. The number of benzene rings is 1. The van der Waals surface area contributed by atoms with Crippen LogP contribution >= 0.6 is 0 Å². The van der Waals surface area contributed by atoms with E-state index in [-0.39, 0.29) is 22.1 Å². The largest absolute Gasteiger partial charge is 0.496 e. The lowest BCUT2D eigenvalue weighted by Crippen LogP contribution is -2.52. The third-order valence-corrected chi connectivity index (χ3v) is 5.05. The minimum Gasteiger partial charge on any atom is -0.496 e. The summed E-state index contributed by atoms with van der Waals surface area (Å²) >= 11 is 0. The number of ether oxygens (including phenoxy) is 2. The summed E-state index contributed by atoms with van der Waals surface area (Å²) in [5.41, 5.74) is -1.33. The fraction of sp³-hybridized carbons (Fsp3) is 0.471. The Morgan fingerprint density at radius 2 is 1.89 bits per heavy atom. The number of primary sulfonamides is 1. The Kier molecular flexibility index (Phi) is 6.94. The monoisotopic (exact) mass is 397 g/mol. The number of carbonyl (C=O) groups is 2. The molecule has 1 aromatic rings. The number of rotatable bonds is 7. The van der Waals surface area contributed by atoms with Gasteiger partial charge in [-0.15, -0.1) is 0 Å². The van der Waals surface area contributed by atoms with Crippen molar-refractivity contribution in [3.05, 3.63) is 23.8 Å². The molecule has 1 amide bonds. The van der Waals surface area contributed by atoms with Crippen LogP contribution in [-0.2, 0) is 19.6 Å². The molecule has 2 atom stereocenters. The molecule has 0 unspecified atom stereocenters. The topological polar surface area (TPSA) is 149 Å². The second-order valence-electron chi connectivity index (χ2n) is 6.41. The maximum atomic E-state index is 12.4. The minimum atomic E-state index is -4.04. The standard InChI is InChI=1S/C17H23N3O6S/c1-10(2)17(4,9-18)20-15(21)11(3)26-16(22)13-8-12(27(19,23)24)6-7-14(13)25-5/h6-8,10-11H,1-5H3,(H,20,21)(H2,19,23,24)/t11-,17+/m1/s1.